The van der Waals surface area contributed by atoms with Crippen molar-refractivity contribution in [2.45, 2.75) is 24.3 Å². The highest BCUT2D eigenvalue weighted by molar-refractivity contribution is 7.89. The Hall–Kier alpha value is -3.02. The van der Waals surface area contributed by atoms with Crippen LogP contribution in [-0.4, -0.2) is 55.5 Å². The summed E-state index contributed by atoms with van der Waals surface area (Å²) >= 11 is 1.47. The van der Waals surface area contributed by atoms with E-state index in [0.29, 0.717) is 32.5 Å². The molecule has 1 saturated heterocycles. The Labute approximate surface area is 195 Å². The van der Waals surface area contributed by atoms with Crippen LogP contribution >= 0.6 is 11.3 Å². The molecule has 3 aromatic rings. The summed E-state index contributed by atoms with van der Waals surface area (Å²) in [5.74, 6) is 0.104. The van der Waals surface area contributed by atoms with Gasteiger partial charge in [-0.3, -0.25) is 9.78 Å². The number of pyridine rings is 1. The molecular formula is C22H24N4O5S2. The number of anilines is 1. The number of carbonyl (C=O) groups is 2. The number of carboxylic acid groups (broad SMARTS) is 1. The molecule has 33 heavy (non-hydrogen) atoms. The average molecular weight is 489 g/mol. The van der Waals surface area contributed by atoms with E-state index in [1.54, 1.807) is 29.4 Å². The number of thiophene rings is 1. The molecule has 0 bridgehead atoms. The highest BCUT2D eigenvalue weighted by Gasteiger charge is 2.24. The zero-order chi connectivity index (χ0) is 23.4. The summed E-state index contributed by atoms with van der Waals surface area (Å²) in [6.07, 6.45) is 4.54. The molecular weight excluding hydrogens is 464 g/mol. The van der Waals surface area contributed by atoms with Gasteiger partial charge in [-0.15, -0.1) is 11.3 Å². The number of nitrogens with zero attached hydrogens (tertiary/aromatic N) is 3. The van der Waals surface area contributed by atoms with Crippen molar-refractivity contribution in [1.29, 1.82) is 0 Å². The summed E-state index contributed by atoms with van der Waals surface area (Å²) in [6.45, 7) is 1.43. The first kappa shape index (κ1) is 23.1. The van der Waals surface area contributed by atoms with Crippen LogP contribution in [0.1, 0.15) is 18.4 Å². The van der Waals surface area contributed by atoms with E-state index in [-0.39, 0.29) is 17.4 Å². The van der Waals surface area contributed by atoms with Gasteiger partial charge in [0.2, 0.25) is 16.4 Å². The zero-order valence-electron chi connectivity index (χ0n) is 17.8. The molecule has 2 amide bonds. The van der Waals surface area contributed by atoms with Crippen molar-refractivity contribution in [3.05, 3.63) is 54.4 Å². The number of hydrogen-bond donors (Lipinski definition) is 2. The fourth-order valence-electron chi connectivity index (χ4n) is 3.79. The van der Waals surface area contributed by atoms with Gasteiger partial charge >= 0.3 is 6.09 Å². The molecule has 0 unspecified atom stereocenters. The molecule has 11 heteroatoms. The van der Waals surface area contributed by atoms with Gasteiger partial charge in [0.05, 0.1) is 21.1 Å². The van der Waals surface area contributed by atoms with Crippen LogP contribution in [0.25, 0.3) is 10.1 Å². The first-order valence-corrected chi connectivity index (χ1v) is 12.8. The van der Waals surface area contributed by atoms with Gasteiger partial charge < -0.3 is 14.9 Å². The average Bonchev–Trinajstić information content (AvgIpc) is 3.26. The number of aromatic nitrogens is 1. The molecule has 4 rings (SSSR count). The topological polar surface area (TPSA) is 120 Å². The van der Waals surface area contributed by atoms with Crippen LogP contribution in [0.4, 0.5) is 9.80 Å². The van der Waals surface area contributed by atoms with E-state index in [0.717, 1.165) is 27.1 Å². The highest BCUT2D eigenvalue weighted by atomic mass is 32.2. The minimum atomic E-state index is -3.68. The molecule has 3 heterocycles. The van der Waals surface area contributed by atoms with Crippen LogP contribution in [-0.2, 0) is 21.4 Å². The Morgan fingerprint density at radius 1 is 1.24 bits per heavy atom. The van der Waals surface area contributed by atoms with E-state index >= 15 is 0 Å². The van der Waals surface area contributed by atoms with E-state index in [1.807, 2.05) is 12.1 Å². The van der Waals surface area contributed by atoms with Crippen molar-refractivity contribution < 1.29 is 23.1 Å². The number of benzene rings is 1. The molecule has 174 valence electrons. The molecule has 0 aliphatic carbocycles. The lowest BCUT2D eigenvalue weighted by molar-refractivity contribution is -0.107. The van der Waals surface area contributed by atoms with Crippen molar-refractivity contribution >= 4 is 49.0 Å². The summed E-state index contributed by atoms with van der Waals surface area (Å²) in [5.41, 5.74) is 0.803. The number of rotatable bonds is 8. The predicted octanol–water partition coefficient (Wildman–Crippen LogP) is 3.13. The second-order valence-electron chi connectivity index (χ2n) is 7.94. The monoisotopic (exact) mass is 488 g/mol. The Morgan fingerprint density at radius 3 is 2.61 bits per heavy atom. The van der Waals surface area contributed by atoms with E-state index in [4.69, 9.17) is 5.11 Å². The first-order valence-electron chi connectivity index (χ1n) is 10.5. The second kappa shape index (κ2) is 9.86. The molecule has 0 saturated carbocycles. The van der Waals surface area contributed by atoms with Crippen molar-refractivity contribution in [2.75, 3.05) is 24.5 Å². The third-order valence-corrected chi connectivity index (χ3v) is 8.32. The van der Waals surface area contributed by atoms with E-state index in [2.05, 4.69) is 9.71 Å². The molecule has 0 radical (unpaired) electrons. The lowest BCUT2D eigenvalue weighted by atomic mass is 9.97. The van der Waals surface area contributed by atoms with Crippen LogP contribution in [0.3, 0.4) is 0 Å². The molecule has 1 aliphatic rings. The largest absolute Gasteiger partial charge is 0.465 e. The Balaban J connectivity index is 1.36. The highest BCUT2D eigenvalue weighted by Crippen LogP contribution is 2.32. The van der Waals surface area contributed by atoms with Gasteiger partial charge in [0.25, 0.3) is 0 Å². The second-order valence-corrected chi connectivity index (χ2v) is 10.8. The van der Waals surface area contributed by atoms with Gasteiger partial charge in [0.1, 0.15) is 0 Å². The van der Waals surface area contributed by atoms with Crippen molar-refractivity contribution in [1.82, 2.24) is 14.6 Å². The van der Waals surface area contributed by atoms with Crippen LogP contribution in [0.2, 0.25) is 0 Å². The van der Waals surface area contributed by atoms with Gasteiger partial charge in [-0.2, -0.15) is 0 Å². The van der Waals surface area contributed by atoms with Crippen LogP contribution in [0, 0.1) is 5.92 Å². The standard InChI is InChI=1S/C22H24N4O5S2/c27-15-26(21-11-18-5-8-23-13-20(18)32-21)14-17-1-3-19(4-2-17)33(30,31)24-12-16-6-9-25(10-7-16)22(28)29/h1-5,8,11,13,15-16,24H,6-7,9-10,12,14H2,(H,28,29). The fourth-order valence-corrected chi connectivity index (χ4v) is 5.90. The molecule has 9 nitrogen and oxygen atoms in total. The van der Waals surface area contributed by atoms with Crippen LogP contribution in [0.5, 0.6) is 0 Å². The Kier molecular flexibility index (Phi) is 6.91. The van der Waals surface area contributed by atoms with Crippen molar-refractivity contribution in [3.8, 4) is 0 Å². The molecule has 2 aromatic heterocycles. The zero-order valence-corrected chi connectivity index (χ0v) is 19.4. The Morgan fingerprint density at radius 2 is 1.97 bits per heavy atom. The lowest BCUT2D eigenvalue weighted by Gasteiger charge is -2.29. The van der Waals surface area contributed by atoms with Crippen molar-refractivity contribution in [3.63, 3.8) is 0 Å². The molecule has 0 spiro atoms. The smallest absolute Gasteiger partial charge is 0.407 e. The fraction of sp³-hybridized carbons (Fsp3) is 0.318. The van der Waals surface area contributed by atoms with Gasteiger partial charge in [-0.05, 0) is 54.0 Å². The van der Waals surface area contributed by atoms with Crippen LogP contribution in [0.15, 0.2) is 53.7 Å². The third-order valence-electron chi connectivity index (χ3n) is 5.75. The summed E-state index contributed by atoms with van der Waals surface area (Å²) in [6, 6.07) is 10.3. The minimum Gasteiger partial charge on any atom is -0.465 e. The number of fused-ring (bicyclic) bond motifs is 1. The van der Waals surface area contributed by atoms with Crippen LogP contribution < -0.4 is 9.62 Å². The summed E-state index contributed by atoms with van der Waals surface area (Å²) < 4.78 is 29.0. The summed E-state index contributed by atoms with van der Waals surface area (Å²) in [5, 5.41) is 10.8. The van der Waals surface area contributed by atoms with E-state index < -0.39 is 16.1 Å². The first-order chi connectivity index (χ1) is 15.9. The van der Waals surface area contributed by atoms with Gasteiger partial charge in [-0.25, -0.2) is 17.9 Å². The molecule has 2 N–H and O–H groups in total. The maximum absolute atomic E-state index is 12.7. The quantitative estimate of drug-likeness (QED) is 0.470. The number of sulfonamides is 1. The normalized spacial score (nSPS) is 15.0. The van der Waals surface area contributed by atoms with Gasteiger partial charge in [-0.1, -0.05) is 12.1 Å². The van der Waals surface area contributed by atoms with E-state index in [1.165, 1.54) is 28.4 Å². The van der Waals surface area contributed by atoms with Gasteiger partial charge in [0, 0.05) is 32.0 Å². The summed E-state index contributed by atoms with van der Waals surface area (Å²) in [7, 11) is -3.68. The third kappa shape index (κ3) is 5.49. The molecule has 0 atom stereocenters. The number of likely N-dealkylation sites (tertiary alicyclic amines) is 1. The molecule has 1 aliphatic heterocycles. The van der Waals surface area contributed by atoms with E-state index in [9.17, 15) is 18.0 Å². The summed E-state index contributed by atoms with van der Waals surface area (Å²) in [4.78, 5) is 29.8. The number of piperidine rings is 1. The van der Waals surface area contributed by atoms with Gasteiger partial charge in [0.15, 0.2) is 0 Å². The minimum absolute atomic E-state index is 0.104. The Bertz CT molecular complexity index is 1200. The van der Waals surface area contributed by atoms with Crippen molar-refractivity contribution in [2.24, 2.45) is 5.92 Å². The number of amides is 2. The number of nitrogens with one attached hydrogen (secondary N) is 1. The molecule has 1 aromatic carbocycles. The lowest BCUT2D eigenvalue weighted by Crippen LogP contribution is -2.40. The maximum atomic E-state index is 12.7. The SMILES string of the molecule is O=CN(Cc1ccc(S(=O)(=O)NCC2CCN(C(=O)O)CC2)cc1)c1cc2ccncc2s1. The maximum Gasteiger partial charge on any atom is 0.407 e. The number of carbonyl (C=O) groups excluding carboxylic acids is 1. The predicted molar refractivity (Wildman–Crippen MR) is 126 cm³/mol. The number of hydrogen-bond acceptors (Lipinski definition) is 6. The molecule has 1 fully saturated rings.